The van der Waals surface area contributed by atoms with Gasteiger partial charge in [0, 0.05) is 24.1 Å². The molecular weight excluding hydrogens is 218 g/mol. The summed E-state index contributed by atoms with van der Waals surface area (Å²) in [6.07, 6.45) is 1.18. The summed E-state index contributed by atoms with van der Waals surface area (Å²) in [7, 11) is 0. The zero-order valence-electron chi connectivity index (χ0n) is 9.27. The van der Waals surface area contributed by atoms with E-state index in [2.05, 4.69) is 10.3 Å². The van der Waals surface area contributed by atoms with Gasteiger partial charge < -0.3 is 15.8 Å². The molecule has 0 unspecified atom stereocenters. The molecule has 88 valence electrons. The van der Waals surface area contributed by atoms with Gasteiger partial charge in [-0.3, -0.25) is 9.79 Å². The minimum atomic E-state index is -0.163. The quantitative estimate of drug-likeness (QED) is 0.752. The molecule has 0 aliphatic carbocycles. The summed E-state index contributed by atoms with van der Waals surface area (Å²) in [5.74, 6) is 0.378. The van der Waals surface area contributed by atoms with E-state index in [-0.39, 0.29) is 18.7 Å². The van der Waals surface area contributed by atoms with Gasteiger partial charge in [-0.25, -0.2) is 0 Å². The lowest BCUT2D eigenvalue weighted by Crippen LogP contribution is -2.13. The van der Waals surface area contributed by atoms with Gasteiger partial charge in [-0.05, 0) is 23.8 Å². The lowest BCUT2D eigenvalue weighted by Gasteiger charge is -2.06. The number of carbonyl (C=O) groups excluding carboxylic acids is 2. The molecule has 0 spiro atoms. The average Bonchev–Trinajstić information content (AvgIpc) is 2.68. The van der Waals surface area contributed by atoms with E-state index in [1.54, 1.807) is 6.07 Å². The molecule has 1 aromatic carbocycles. The topological polar surface area (TPSA) is 84.5 Å². The van der Waals surface area contributed by atoms with Gasteiger partial charge in [0.15, 0.2) is 0 Å². The predicted molar refractivity (Wildman–Crippen MR) is 64.8 cm³/mol. The number of carbonyl (C=O) groups is 2. The molecule has 0 fully saturated rings. The van der Waals surface area contributed by atoms with Crippen molar-refractivity contribution in [3.8, 4) is 0 Å². The Bertz CT molecular complexity index is 495. The van der Waals surface area contributed by atoms with Crippen molar-refractivity contribution in [3.05, 3.63) is 29.3 Å². The Morgan fingerprint density at radius 2 is 2.35 bits per heavy atom. The molecule has 5 heteroatoms. The van der Waals surface area contributed by atoms with Crippen molar-refractivity contribution in [1.82, 2.24) is 0 Å². The van der Waals surface area contributed by atoms with Gasteiger partial charge in [0.05, 0.1) is 6.54 Å². The Labute approximate surface area is 98.7 Å². The summed E-state index contributed by atoms with van der Waals surface area (Å²) >= 11 is 0. The van der Waals surface area contributed by atoms with Crippen LogP contribution in [0.1, 0.15) is 24.0 Å². The maximum Gasteiger partial charge on any atom is 0.224 e. The van der Waals surface area contributed by atoms with E-state index < -0.39 is 0 Å². The average molecular weight is 231 g/mol. The number of nitrogens with two attached hydrogens (primary N) is 1. The van der Waals surface area contributed by atoms with Crippen LogP contribution >= 0.6 is 0 Å². The third kappa shape index (κ3) is 2.50. The molecule has 5 nitrogen and oxygen atoms in total. The lowest BCUT2D eigenvalue weighted by atomic mass is 10.1. The van der Waals surface area contributed by atoms with E-state index >= 15 is 0 Å². The van der Waals surface area contributed by atoms with Crippen molar-refractivity contribution < 1.29 is 9.59 Å². The Balaban J connectivity index is 2.05. The highest BCUT2D eigenvalue weighted by molar-refractivity contribution is 6.01. The molecule has 2 rings (SSSR count). The van der Waals surface area contributed by atoms with Crippen molar-refractivity contribution in [3.63, 3.8) is 0 Å². The number of hydrogen-bond acceptors (Lipinski definition) is 4. The Morgan fingerprint density at radius 3 is 3.12 bits per heavy atom. The molecule has 0 aromatic heterocycles. The minimum Gasteiger partial charge on any atom is -0.383 e. The second kappa shape index (κ2) is 4.78. The normalized spacial score (nSPS) is 12.8. The van der Waals surface area contributed by atoms with Crippen molar-refractivity contribution in [2.75, 3.05) is 5.32 Å². The van der Waals surface area contributed by atoms with Crippen LogP contribution < -0.4 is 11.1 Å². The monoisotopic (exact) mass is 231 g/mol. The first-order valence-electron chi connectivity index (χ1n) is 5.37. The fraction of sp³-hybridized carbons (Fsp3) is 0.250. The van der Waals surface area contributed by atoms with E-state index in [0.29, 0.717) is 18.1 Å². The van der Waals surface area contributed by atoms with Crippen molar-refractivity contribution in [2.24, 2.45) is 10.7 Å². The number of aliphatic imine (C=N–C) groups is 1. The molecule has 1 aliphatic rings. The standard InChI is InChI=1S/C12H13N3O2/c13-12-10-4-3-9(6-8(10)7-14-12)15-11(17)2-1-5-16/h3-6H,1-2,7H2,(H2,13,14)(H,15,17). The zero-order chi connectivity index (χ0) is 12.3. The predicted octanol–water partition coefficient (Wildman–Crippen LogP) is 0.823. The number of rotatable bonds is 4. The number of amides is 1. The van der Waals surface area contributed by atoms with Crippen LogP contribution in [0.15, 0.2) is 23.2 Å². The van der Waals surface area contributed by atoms with Crippen molar-refractivity contribution >= 4 is 23.7 Å². The summed E-state index contributed by atoms with van der Waals surface area (Å²) in [6, 6.07) is 5.49. The summed E-state index contributed by atoms with van der Waals surface area (Å²) in [4.78, 5) is 25.7. The number of hydrogen-bond donors (Lipinski definition) is 2. The molecule has 1 heterocycles. The molecule has 0 atom stereocenters. The highest BCUT2D eigenvalue weighted by Gasteiger charge is 2.13. The molecule has 1 amide bonds. The van der Waals surface area contributed by atoms with Crippen LogP contribution in [-0.2, 0) is 16.1 Å². The van der Waals surface area contributed by atoms with Crippen LogP contribution in [0.4, 0.5) is 5.69 Å². The number of nitrogens with one attached hydrogen (secondary N) is 1. The van der Waals surface area contributed by atoms with Crippen LogP contribution in [0.2, 0.25) is 0 Å². The molecule has 0 bridgehead atoms. The number of nitrogens with zero attached hydrogens (tertiary/aromatic N) is 1. The highest BCUT2D eigenvalue weighted by atomic mass is 16.1. The number of aldehydes is 1. The fourth-order valence-corrected chi connectivity index (χ4v) is 1.72. The first-order valence-corrected chi connectivity index (χ1v) is 5.37. The smallest absolute Gasteiger partial charge is 0.224 e. The Morgan fingerprint density at radius 1 is 1.53 bits per heavy atom. The number of fused-ring (bicyclic) bond motifs is 1. The van der Waals surface area contributed by atoms with E-state index in [9.17, 15) is 9.59 Å². The van der Waals surface area contributed by atoms with Crippen LogP contribution in [0, 0.1) is 0 Å². The van der Waals surface area contributed by atoms with Gasteiger partial charge in [0.2, 0.25) is 5.91 Å². The van der Waals surface area contributed by atoms with E-state index in [0.717, 1.165) is 17.4 Å². The van der Waals surface area contributed by atoms with Crippen LogP contribution in [0.5, 0.6) is 0 Å². The van der Waals surface area contributed by atoms with Crippen molar-refractivity contribution in [1.29, 1.82) is 0 Å². The van der Waals surface area contributed by atoms with E-state index in [1.807, 2.05) is 12.1 Å². The van der Waals surface area contributed by atoms with Gasteiger partial charge in [-0.1, -0.05) is 0 Å². The molecular formula is C12H13N3O2. The minimum absolute atomic E-state index is 0.163. The summed E-state index contributed by atoms with van der Waals surface area (Å²) in [6.45, 7) is 0.555. The van der Waals surface area contributed by atoms with Crippen LogP contribution in [0.25, 0.3) is 0 Å². The first-order chi connectivity index (χ1) is 8.20. The second-order valence-electron chi connectivity index (χ2n) is 3.83. The van der Waals surface area contributed by atoms with Gasteiger partial charge in [-0.2, -0.15) is 0 Å². The zero-order valence-corrected chi connectivity index (χ0v) is 9.27. The number of anilines is 1. The summed E-state index contributed by atoms with van der Waals surface area (Å²) in [5.41, 5.74) is 8.34. The number of amidine groups is 1. The molecule has 0 saturated carbocycles. The van der Waals surface area contributed by atoms with E-state index in [4.69, 9.17) is 5.73 Å². The first kappa shape index (κ1) is 11.3. The maximum absolute atomic E-state index is 11.4. The third-order valence-electron chi connectivity index (χ3n) is 2.57. The van der Waals surface area contributed by atoms with E-state index in [1.165, 1.54) is 0 Å². The highest BCUT2D eigenvalue weighted by Crippen LogP contribution is 2.21. The molecule has 1 aromatic rings. The van der Waals surface area contributed by atoms with Gasteiger partial charge in [0.25, 0.3) is 0 Å². The van der Waals surface area contributed by atoms with Crippen LogP contribution in [-0.4, -0.2) is 18.0 Å². The third-order valence-corrected chi connectivity index (χ3v) is 2.57. The number of benzene rings is 1. The van der Waals surface area contributed by atoms with Gasteiger partial charge >= 0.3 is 0 Å². The summed E-state index contributed by atoms with van der Waals surface area (Å²) < 4.78 is 0. The Kier molecular flexibility index (Phi) is 3.18. The fourth-order valence-electron chi connectivity index (χ4n) is 1.72. The molecule has 17 heavy (non-hydrogen) atoms. The SMILES string of the molecule is NC1=NCc2cc(NC(=O)CCC=O)ccc21. The molecule has 0 radical (unpaired) electrons. The van der Waals surface area contributed by atoms with Crippen LogP contribution in [0.3, 0.4) is 0 Å². The molecule has 1 aliphatic heterocycles. The maximum atomic E-state index is 11.4. The summed E-state index contributed by atoms with van der Waals surface area (Å²) in [5, 5.41) is 2.73. The Hall–Kier alpha value is -2.17. The molecule has 3 N–H and O–H groups in total. The lowest BCUT2D eigenvalue weighted by molar-refractivity contribution is -0.118. The van der Waals surface area contributed by atoms with Gasteiger partial charge in [-0.15, -0.1) is 0 Å². The van der Waals surface area contributed by atoms with Crippen molar-refractivity contribution in [2.45, 2.75) is 19.4 Å². The second-order valence-corrected chi connectivity index (χ2v) is 3.83. The largest absolute Gasteiger partial charge is 0.383 e. The van der Waals surface area contributed by atoms with Gasteiger partial charge in [0.1, 0.15) is 12.1 Å². The molecule has 0 saturated heterocycles.